The molecule has 5 heteroatoms. The second-order valence-corrected chi connectivity index (χ2v) is 7.92. The summed E-state index contributed by atoms with van der Waals surface area (Å²) in [6, 6.07) is 15.3. The number of rotatable bonds is 8. The second kappa shape index (κ2) is 8.42. The van der Waals surface area contributed by atoms with Crippen molar-refractivity contribution in [3.05, 3.63) is 65.2 Å². The lowest BCUT2D eigenvalue weighted by molar-refractivity contribution is 0.284. The molecule has 0 radical (unpaired) electrons. The summed E-state index contributed by atoms with van der Waals surface area (Å²) in [6.45, 7) is 2.89. The van der Waals surface area contributed by atoms with E-state index in [2.05, 4.69) is 36.5 Å². The molecule has 2 rings (SSSR count). The number of hydrogen-bond acceptors (Lipinski definition) is 4. The van der Waals surface area contributed by atoms with Gasteiger partial charge in [0.25, 0.3) is 0 Å². The number of hydrogen-bond donors (Lipinski definition) is 2. The van der Waals surface area contributed by atoms with Gasteiger partial charge in [-0.05, 0) is 48.2 Å². The van der Waals surface area contributed by atoms with Crippen molar-refractivity contribution in [1.82, 2.24) is 5.32 Å². The average Bonchev–Trinajstić information content (AvgIpc) is 2.58. The number of aliphatic hydroxyl groups is 1. The maximum atomic E-state index is 11.8. The molecule has 2 N–H and O–H groups in total. The third kappa shape index (κ3) is 4.90. The zero-order valence-electron chi connectivity index (χ0n) is 14.2. The minimum Gasteiger partial charge on any atom is -0.396 e. The summed E-state index contributed by atoms with van der Waals surface area (Å²) in [7, 11) is -3.24. The minimum absolute atomic E-state index is 0.107. The number of aliphatic hydroxyl groups excluding tert-OH is 1. The van der Waals surface area contributed by atoms with Gasteiger partial charge in [0.05, 0.1) is 10.9 Å². The SMILES string of the molecule is CCc1ccc(C(NCCCO)c2cccc(S(C)(=O)=O)c2)cc1. The zero-order valence-corrected chi connectivity index (χ0v) is 15.0. The molecule has 1 unspecified atom stereocenters. The van der Waals surface area contributed by atoms with Crippen LogP contribution in [-0.4, -0.2) is 32.9 Å². The van der Waals surface area contributed by atoms with E-state index in [1.54, 1.807) is 18.2 Å². The highest BCUT2D eigenvalue weighted by atomic mass is 32.2. The standard InChI is InChI=1S/C19H25NO3S/c1-3-15-8-10-16(11-9-15)19(20-12-5-13-21)17-6-4-7-18(14-17)24(2,22)23/h4,6-11,14,19-21H,3,5,12-13H2,1-2H3. The van der Waals surface area contributed by atoms with Crippen LogP contribution in [-0.2, 0) is 16.3 Å². The summed E-state index contributed by atoms with van der Waals surface area (Å²) in [6.07, 6.45) is 2.85. The maximum absolute atomic E-state index is 11.8. The summed E-state index contributed by atoms with van der Waals surface area (Å²) >= 11 is 0. The molecule has 0 aliphatic rings. The van der Waals surface area contributed by atoms with Gasteiger partial charge in [0.15, 0.2) is 9.84 Å². The molecule has 0 bridgehead atoms. The van der Waals surface area contributed by atoms with Crippen molar-refractivity contribution in [3.8, 4) is 0 Å². The first kappa shape index (κ1) is 18.6. The van der Waals surface area contributed by atoms with Crippen LogP contribution >= 0.6 is 0 Å². The minimum atomic E-state index is -3.24. The highest BCUT2D eigenvalue weighted by molar-refractivity contribution is 7.90. The molecule has 0 heterocycles. The molecule has 1 atom stereocenters. The van der Waals surface area contributed by atoms with Crippen molar-refractivity contribution < 1.29 is 13.5 Å². The van der Waals surface area contributed by atoms with E-state index in [0.717, 1.165) is 17.5 Å². The van der Waals surface area contributed by atoms with Crippen molar-refractivity contribution in [2.75, 3.05) is 19.4 Å². The zero-order chi connectivity index (χ0) is 17.6. The molecule has 0 saturated carbocycles. The predicted molar refractivity (Wildman–Crippen MR) is 96.9 cm³/mol. The second-order valence-electron chi connectivity index (χ2n) is 5.90. The van der Waals surface area contributed by atoms with Crippen LogP contribution in [0.1, 0.15) is 36.1 Å². The van der Waals surface area contributed by atoms with Gasteiger partial charge in [-0.15, -0.1) is 0 Å². The summed E-state index contributed by atoms with van der Waals surface area (Å²) < 4.78 is 23.7. The van der Waals surface area contributed by atoms with Crippen LogP contribution < -0.4 is 5.32 Å². The summed E-state index contributed by atoms with van der Waals surface area (Å²) in [5, 5.41) is 12.4. The molecule has 0 fully saturated rings. The first-order valence-corrected chi connectivity index (χ1v) is 10.1. The lowest BCUT2D eigenvalue weighted by Crippen LogP contribution is -2.24. The third-order valence-electron chi connectivity index (χ3n) is 4.02. The quantitative estimate of drug-likeness (QED) is 0.721. The van der Waals surface area contributed by atoms with Crippen LogP contribution in [0, 0.1) is 0 Å². The molecule has 0 spiro atoms. The average molecular weight is 347 g/mol. The lowest BCUT2D eigenvalue weighted by atomic mass is 9.97. The van der Waals surface area contributed by atoms with Crippen molar-refractivity contribution in [2.24, 2.45) is 0 Å². The van der Waals surface area contributed by atoms with Crippen molar-refractivity contribution in [3.63, 3.8) is 0 Å². The Morgan fingerprint density at radius 2 is 1.79 bits per heavy atom. The Labute approximate surface area is 144 Å². The van der Waals surface area contributed by atoms with Gasteiger partial charge in [-0.25, -0.2) is 8.42 Å². The van der Waals surface area contributed by atoms with Gasteiger partial charge < -0.3 is 10.4 Å². The number of nitrogens with one attached hydrogen (secondary N) is 1. The Hall–Kier alpha value is -1.69. The van der Waals surface area contributed by atoms with Crippen LogP contribution in [0.5, 0.6) is 0 Å². The van der Waals surface area contributed by atoms with Crippen LogP contribution in [0.4, 0.5) is 0 Å². The van der Waals surface area contributed by atoms with Crippen LogP contribution in [0.15, 0.2) is 53.4 Å². The molecule has 0 aliphatic carbocycles. The van der Waals surface area contributed by atoms with E-state index in [1.165, 1.54) is 11.8 Å². The molecular weight excluding hydrogens is 322 g/mol. The summed E-state index contributed by atoms with van der Waals surface area (Å²) in [5.74, 6) is 0. The van der Waals surface area contributed by atoms with E-state index >= 15 is 0 Å². The number of aryl methyl sites for hydroxylation is 1. The molecule has 0 aromatic heterocycles. The number of sulfone groups is 1. The fraction of sp³-hybridized carbons (Fsp3) is 0.368. The van der Waals surface area contributed by atoms with Gasteiger partial charge in [0.1, 0.15) is 0 Å². The molecule has 2 aromatic rings. The van der Waals surface area contributed by atoms with E-state index in [-0.39, 0.29) is 12.6 Å². The molecule has 24 heavy (non-hydrogen) atoms. The van der Waals surface area contributed by atoms with Crippen LogP contribution in [0.2, 0.25) is 0 Å². The Kier molecular flexibility index (Phi) is 6.54. The first-order valence-electron chi connectivity index (χ1n) is 8.18. The molecule has 0 aliphatic heterocycles. The van der Waals surface area contributed by atoms with Crippen LogP contribution in [0.25, 0.3) is 0 Å². The molecular formula is C19H25NO3S. The van der Waals surface area contributed by atoms with Crippen molar-refractivity contribution >= 4 is 9.84 Å². The van der Waals surface area contributed by atoms with Gasteiger partial charge in [0, 0.05) is 12.9 Å². The highest BCUT2D eigenvalue weighted by Gasteiger charge is 2.16. The van der Waals surface area contributed by atoms with Gasteiger partial charge >= 0.3 is 0 Å². The Bertz CT molecular complexity index is 754. The van der Waals surface area contributed by atoms with Gasteiger partial charge in [-0.1, -0.05) is 43.3 Å². The van der Waals surface area contributed by atoms with Crippen molar-refractivity contribution in [2.45, 2.75) is 30.7 Å². The van der Waals surface area contributed by atoms with Gasteiger partial charge in [0.2, 0.25) is 0 Å². The molecule has 0 amide bonds. The number of benzene rings is 2. The Morgan fingerprint density at radius 3 is 2.38 bits per heavy atom. The topological polar surface area (TPSA) is 66.4 Å². The van der Waals surface area contributed by atoms with Crippen LogP contribution in [0.3, 0.4) is 0 Å². The third-order valence-corrected chi connectivity index (χ3v) is 5.13. The molecule has 4 nitrogen and oxygen atoms in total. The Balaban J connectivity index is 2.38. The van der Waals surface area contributed by atoms with E-state index in [1.807, 2.05) is 6.07 Å². The van der Waals surface area contributed by atoms with E-state index in [4.69, 9.17) is 5.11 Å². The molecule has 130 valence electrons. The predicted octanol–water partition coefficient (Wildman–Crippen LogP) is 2.71. The van der Waals surface area contributed by atoms with Gasteiger partial charge in [-0.2, -0.15) is 0 Å². The van der Waals surface area contributed by atoms with E-state index in [0.29, 0.717) is 17.9 Å². The van der Waals surface area contributed by atoms with E-state index < -0.39 is 9.84 Å². The maximum Gasteiger partial charge on any atom is 0.175 e. The largest absolute Gasteiger partial charge is 0.396 e. The fourth-order valence-electron chi connectivity index (χ4n) is 2.62. The highest BCUT2D eigenvalue weighted by Crippen LogP contribution is 2.25. The molecule has 0 saturated heterocycles. The molecule has 2 aromatic carbocycles. The smallest absolute Gasteiger partial charge is 0.175 e. The van der Waals surface area contributed by atoms with E-state index in [9.17, 15) is 8.42 Å². The summed E-state index contributed by atoms with van der Waals surface area (Å²) in [5.41, 5.74) is 3.24. The normalized spacial score (nSPS) is 13.0. The monoisotopic (exact) mass is 347 g/mol. The summed E-state index contributed by atoms with van der Waals surface area (Å²) in [4.78, 5) is 0.319. The fourth-order valence-corrected chi connectivity index (χ4v) is 3.30. The first-order chi connectivity index (χ1) is 11.5. The van der Waals surface area contributed by atoms with Gasteiger partial charge in [-0.3, -0.25) is 0 Å². The lowest BCUT2D eigenvalue weighted by Gasteiger charge is -2.20. The van der Waals surface area contributed by atoms with Crippen molar-refractivity contribution in [1.29, 1.82) is 0 Å². The Morgan fingerprint density at radius 1 is 1.08 bits per heavy atom.